The fourth-order valence-electron chi connectivity index (χ4n) is 3.87. The third kappa shape index (κ3) is 6.01. The van der Waals surface area contributed by atoms with Gasteiger partial charge in [-0.05, 0) is 50.9 Å². The topological polar surface area (TPSA) is 70.1 Å². The lowest BCUT2D eigenvalue weighted by Gasteiger charge is -2.37. The molecule has 1 saturated carbocycles. The second-order valence-electron chi connectivity index (χ2n) is 9.49. The molecule has 1 aromatic rings. The standard InChI is InChI=1S/C24H36N2O4S/c1-17(2)6-7-20-10-11-24-22(12-20)30-23(15-25(5)14-21-8-9-21)18(3)13-26(19(4)16-27)31(24,28)29/h10-12,17-19,21,23,27H,8-9,13-16H2,1-5H3/t18-,19+,23-/m0/s1. The van der Waals surface area contributed by atoms with Crippen molar-refractivity contribution in [1.82, 2.24) is 9.21 Å². The molecule has 6 nitrogen and oxygen atoms in total. The van der Waals surface area contributed by atoms with Crippen molar-refractivity contribution >= 4 is 10.0 Å². The summed E-state index contributed by atoms with van der Waals surface area (Å²) in [5, 5.41) is 9.74. The Bertz CT molecular complexity index is 931. The maximum atomic E-state index is 13.5. The Kier molecular flexibility index (Phi) is 7.69. The summed E-state index contributed by atoms with van der Waals surface area (Å²) >= 11 is 0. The zero-order valence-electron chi connectivity index (χ0n) is 19.3. The van der Waals surface area contributed by atoms with Crippen molar-refractivity contribution in [1.29, 1.82) is 0 Å². The van der Waals surface area contributed by atoms with E-state index in [4.69, 9.17) is 4.74 Å². The molecule has 1 fully saturated rings. The van der Waals surface area contributed by atoms with Crippen LogP contribution in [0, 0.1) is 29.6 Å². The molecule has 1 N–H and O–H groups in total. The fourth-order valence-corrected chi connectivity index (χ4v) is 5.70. The molecule has 2 aliphatic rings. The number of hydrogen-bond acceptors (Lipinski definition) is 5. The van der Waals surface area contributed by atoms with Crippen molar-refractivity contribution in [3.05, 3.63) is 23.8 Å². The molecule has 1 aliphatic heterocycles. The number of hydrogen-bond donors (Lipinski definition) is 1. The molecular weight excluding hydrogens is 412 g/mol. The van der Waals surface area contributed by atoms with E-state index in [0.717, 1.165) is 24.6 Å². The van der Waals surface area contributed by atoms with Crippen LogP contribution in [0.1, 0.15) is 46.1 Å². The van der Waals surface area contributed by atoms with Crippen LogP contribution in [0.15, 0.2) is 23.1 Å². The molecule has 3 rings (SSSR count). The smallest absolute Gasteiger partial charge is 0.247 e. The Balaban J connectivity index is 2.00. The van der Waals surface area contributed by atoms with Gasteiger partial charge in [0.15, 0.2) is 0 Å². The van der Waals surface area contributed by atoms with Crippen LogP contribution >= 0.6 is 0 Å². The van der Waals surface area contributed by atoms with Crippen LogP contribution < -0.4 is 4.74 Å². The molecule has 1 aliphatic carbocycles. The van der Waals surface area contributed by atoms with E-state index >= 15 is 0 Å². The minimum Gasteiger partial charge on any atom is -0.487 e. The van der Waals surface area contributed by atoms with Crippen LogP contribution in [0.5, 0.6) is 5.75 Å². The van der Waals surface area contributed by atoms with Gasteiger partial charge in [-0.3, -0.25) is 0 Å². The first-order valence-electron chi connectivity index (χ1n) is 11.2. The summed E-state index contributed by atoms with van der Waals surface area (Å²) in [5.74, 6) is 7.54. The Morgan fingerprint density at radius 3 is 2.58 bits per heavy atom. The zero-order chi connectivity index (χ0) is 22.8. The Hall–Kier alpha value is -1.59. The maximum Gasteiger partial charge on any atom is 0.247 e. The predicted octanol–water partition coefficient (Wildman–Crippen LogP) is 2.80. The lowest BCUT2D eigenvalue weighted by Crippen LogP contribution is -2.49. The number of fused-ring (bicyclic) bond motifs is 1. The summed E-state index contributed by atoms with van der Waals surface area (Å²) in [6.07, 6.45) is 2.40. The molecule has 1 aromatic carbocycles. The summed E-state index contributed by atoms with van der Waals surface area (Å²) in [6.45, 7) is 9.63. The van der Waals surface area contributed by atoms with Gasteiger partial charge < -0.3 is 14.7 Å². The predicted molar refractivity (Wildman–Crippen MR) is 122 cm³/mol. The van der Waals surface area contributed by atoms with Crippen LogP contribution in [0.25, 0.3) is 0 Å². The zero-order valence-corrected chi connectivity index (χ0v) is 20.2. The highest BCUT2D eigenvalue weighted by Gasteiger charge is 2.38. The molecule has 0 spiro atoms. The monoisotopic (exact) mass is 448 g/mol. The van der Waals surface area contributed by atoms with Gasteiger partial charge in [0.2, 0.25) is 10.0 Å². The molecule has 0 radical (unpaired) electrons. The third-order valence-electron chi connectivity index (χ3n) is 5.93. The highest BCUT2D eigenvalue weighted by molar-refractivity contribution is 7.89. The van der Waals surface area contributed by atoms with Gasteiger partial charge in [0.1, 0.15) is 16.7 Å². The second-order valence-corrected chi connectivity index (χ2v) is 11.3. The maximum absolute atomic E-state index is 13.5. The number of sulfonamides is 1. The first-order chi connectivity index (χ1) is 14.6. The SMILES string of the molecule is CC(C)C#Cc1ccc2c(c1)O[C@@H](CN(C)CC1CC1)[C@@H](C)CN([C@H](C)CO)S2(=O)=O. The summed E-state index contributed by atoms with van der Waals surface area (Å²) in [4.78, 5) is 2.43. The van der Waals surface area contributed by atoms with Gasteiger partial charge in [0.05, 0.1) is 6.61 Å². The number of rotatable bonds is 6. The highest BCUT2D eigenvalue weighted by Crippen LogP contribution is 2.35. The van der Waals surface area contributed by atoms with E-state index < -0.39 is 16.1 Å². The van der Waals surface area contributed by atoms with Gasteiger partial charge in [-0.1, -0.05) is 32.6 Å². The fraction of sp³-hybridized carbons (Fsp3) is 0.667. The lowest BCUT2D eigenvalue weighted by molar-refractivity contribution is 0.0740. The Labute approximate surface area is 187 Å². The lowest BCUT2D eigenvalue weighted by atomic mass is 10.0. The molecule has 7 heteroatoms. The Morgan fingerprint density at radius 2 is 1.97 bits per heavy atom. The van der Waals surface area contributed by atoms with E-state index in [1.165, 1.54) is 17.1 Å². The van der Waals surface area contributed by atoms with Crippen LogP contribution in [0.2, 0.25) is 0 Å². The summed E-state index contributed by atoms with van der Waals surface area (Å²) in [7, 11) is -1.71. The molecule has 0 amide bonds. The van der Waals surface area contributed by atoms with Gasteiger partial charge >= 0.3 is 0 Å². The first kappa shape index (κ1) is 24.1. The molecule has 31 heavy (non-hydrogen) atoms. The quantitative estimate of drug-likeness (QED) is 0.678. The number of benzene rings is 1. The van der Waals surface area contributed by atoms with E-state index in [0.29, 0.717) is 12.3 Å². The minimum atomic E-state index is -3.81. The molecule has 172 valence electrons. The van der Waals surface area contributed by atoms with Crippen LogP contribution in [0.3, 0.4) is 0 Å². The van der Waals surface area contributed by atoms with Crippen LogP contribution in [0.4, 0.5) is 0 Å². The van der Waals surface area contributed by atoms with E-state index in [-0.39, 0.29) is 29.4 Å². The van der Waals surface area contributed by atoms with E-state index in [1.54, 1.807) is 25.1 Å². The van der Waals surface area contributed by atoms with Crippen LogP contribution in [-0.4, -0.2) is 68.2 Å². The van der Waals surface area contributed by atoms with Gasteiger partial charge in [0, 0.05) is 43.1 Å². The van der Waals surface area contributed by atoms with Crippen molar-refractivity contribution in [2.75, 3.05) is 33.3 Å². The first-order valence-corrected chi connectivity index (χ1v) is 12.7. The molecule has 0 bridgehead atoms. The van der Waals surface area contributed by atoms with E-state index in [1.807, 2.05) is 20.8 Å². The number of likely N-dealkylation sites (N-methyl/N-ethyl adjacent to an activating group) is 1. The molecule has 0 unspecified atom stereocenters. The molecule has 0 aromatic heterocycles. The van der Waals surface area contributed by atoms with Gasteiger partial charge in [-0.15, -0.1) is 0 Å². The summed E-state index contributed by atoms with van der Waals surface area (Å²) in [5.41, 5.74) is 0.739. The molecule has 3 atom stereocenters. The number of aliphatic hydroxyl groups is 1. The van der Waals surface area contributed by atoms with Crippen LogP contribution in [-0.2, 0) is 10.0 Å². The third-order valence-corrected chi connectivity index (χ3v) is 7.95. The van der Waals surface area contributed by atoms with Crippen molar-refractivity contribution in [3.63, 3.8) is 0 Å². The van der Waals surface area contributed by atoms with E-state index in [2.05, 4.69) is 23.8 Å². The normalized spacial score (nSPS) is 24.5. The molecular formula is C24H36N2O4S. The molecule has 1 heterocycles. The second kappa shape index (κ2) is 9.91. The summed E-state index contributed by atoms with van der Waals surface area (Å²) < 4.78 is 34.8. The minimum absolute atomic E-state index is 0.0380. The number of aliphatic hydroxyl groups excluding tert-OH is 1. The van der Waals surface area contributed by atoms with Gasteiger partial charge in [0.25, 0.3) is 0 Å². The average Bonchev–Trinajstić information content (AvgIpc) is 3.52. The Morgan fingerprint density at radius 1 is 1.26 bits per heavy atom. The van der Waals surface area contributed by atoms with Crippen molar-refractivity contribution < 1.29 is 18.3 Å². The van der Waals surface area contributed by atoms with Crippen molar-refractivity contribution in [2.45, 2.75) is 57.6 Å². The summed E-state index contributed by atoms with van der Waals surface area (Å²) in [6, 6.07) is 4.56. The van der Waals surface area contributed by atoms with Gasteiger partial charge in [-0.2, -0.15) is 4.31 Å². The average molecular weight is 449 g/mol. The van der Waals surface area contributed by atoms with E-state index in [9.17, 15) is 13.5 Å². The number of nitrogens with zero attached hydrogens (tertiary/aromatic N) is 2. The molecule has 0 saturated heterocycles. The largest absolute Gasteiger partial charge is 0.487 e. The number of ether oxygens (including phenoxy) is 1. The van der Waals surface area contributed by atoms with Gasteiger partial charge in [-0.25, -0.2) is 8.42 Å². The van der Waals surface area contributed by atoms with Crippen molar-refractivity contribution in [2.24, 2.45) is 17.8 Å². The van der Waals surface area contributed by atoms with Crippen molar-refractivity contribution in [3.8, 4) is 17.6 Å². The highest BCUT2D eigenvalue weighted by atomic mass is 32.2.